The zero-order chi connectivity index (χ0) is 13.0. The summed E-state index contributed by atoms with van der Waals surface area (Å²) in [5.41, 5.74) is 1.70. The average Bonchev–Trinajstić information content (AvgIpc) is 2.38. The fourth-order valence-electron chi connectivity index (χ4n) is 1.39. The van der Waals surface area contributed by atoms with Crippen LogP contribution in [0.3, 0.4) is 0 Å². The highest BCUT2D eigenvalue weighted by atomic mass is 16.4. The van der Waals surface area contributed by atoms with Gasteiger partial charge in [0.1, 0.15) is 0 Å². The van der Waals surface area contributed by atoms with Crippen molar-refractivity contribution in [2.75, 3.05) is 0 Å². The van der Waals surface area contributed by atoms with E-state index in [0.29, 0.717) is 5.69 Å². The molecule has 4 nitrogen and oxygen atoms in total. The average molecular weight is 240 g/mol. The number of benzene rings is 2. The van der Waals surface area contributed by atoms with Crippen molar-refractivity contribution in [3.05, 3.63) is 59.7 Å². The number of aromatic carboxylic acids is 1. The molecular weight excluding hydrogens is 230 g/mol. The second kappa shape index (κ2) is 5.14. The first-order valence-electron chi connectivity index (χ1n) is 5.30. The van der Waals surface area contributed by atoms with Gasteiger partial charge in [0.2, 0.25) is 0 Å². The van der Waals surface area contributed by atoms with Gasteiger partial charge in [-0.2, -0.15) is 0 Å². The van der Waals surface area contributed by atoms with Crippen LogP contribution in [0, 0.1) is 0 Å². The number of carboxylic acids is 1. The summed E-state index contributed by atoms with van der Waals surface area (Å²) in [4.78, 5) is 14.8. The molecule has 0 saturated heterocycles. The molecule has 0 aromatic heterocycles. The highest BCUT2D eigenvalue weighted by Crippen LogP contribution is 2.13. The van der Waals surface area contributed by atoms with Crippen LogP contribution in [0.4, 0.5) is 5.69 Å². The second-order valence-electron chi connectivity index (χ2n) is 3.68. The normalized spacial score (nSPS) is 10.7. The van der Waals surface area contributed by atoms with Crippen molar-refractivity contribution in [2.24, 2.45) is 4.99 Å². The number of nitrogens with zero attached hydrogens (tertiary/aromatic N) is 1. The van der Waals surface area contributed by atoms with Crippen LogP contribution in [0.2, 0.25) is 0 Å². The summed E-state index contributed by atoms with van der Waals surface area (Å²) in [5, 5.41) is 19.6. The van der Waals surface area contributed by atoms with Gasteiger partial charge >= 0.3 is 5.97 Å². The van der Waals surface area contributed by atoms with Gasteiger partial charge in [-0.15, -0.1) is 5.75 Å². The van der Waals surface area contributed by atoms with Gasteiger partial charge in [-0.05, 0) is 29.8 Å². The van der Waals surface area contributed by atoms with Crippen LogP contribution in [-0.4, -0.2) is 17.3 Å². The predicted molar refractivity (Wildman–Crippen MR) is 66.5 cm³/mol. The van der Waals surface area contributed by atoms with E-state index in [9.17, 15) is 9.90 Å². The molecule has 0 heterocycles. The van der Waals surface area contributed by atoms with E-state index in [0.717, 1.165) is 5.56 Å². The van der Waals surface area contributed by atoms with Crippen LogP contribution in [0.1, 0.15) is 15.9 Å². The first-order valence-corrected chi connectivity index (χ1v) is 5.30. The molecule has 90 valence electrons. The van der Waals surface area contributed by atoms with Crippen LogP contribution in [0.15, 0.2) is 53.5 Å². The van der Waals surface area contributed by atoms with E-state index in [2.05, 4.69) is 4.99 Å². The summed E-state index contributed by atoms with van der Waals surface area (Å²) < 4.78 is 0. The summed E-state index contributed by atoms with van der Waals surface area (Å²) >= 11 is 0. The summed E-state index contributed by atoms with van der Waals surface area (Å²) in [5.74, 6) is -1.01. The van der Waals surface area contributed by atoms with Crippen LogP contribution in [-0.2, 0) is 0 Å². The van der Waals surface area contributed by atoms with Crippen molar-refractivity contribution >= 4 is 17.9 Å². The van der Waals surface area contributed by atoms with E-state index in [4.69, 9.17) is 5.11 Å². The van der Waals surface area contributed by atoms with Crippen LogP contribution in [0.25, 0.3) is 0 Å². The van der Waals surface area contributed by atoms with Gasteiger partial charge in [0, 0.05) is 6.21 Å². The van der Waals surface area contributed by atoms with Crippen LogP contribution < -0.4 is 5.11 Å². The van der Waals surface area contributed by atoms with E-state index in [-0.39, 0.29) is 11.3 Å². The van der Waals surface area contributed by atoms with Crippen molar-refractivity contribution in [1.82, 2.24) is 0 Å². The quantitative estimate of drug-likeness (QED) is 0.836. The monoisotopic (exact) mass is 240 g/mol. The van der Waals surface area contributed by atoms with E-state index >= 15 is 0 Å². The molecule has 0 saturated carbocycles. The third-order valence-corrected chi connectivity index (χ3v) is 2.36. The highest BCUT2D eigenvalue weighted by Gasteiger charge is 2.00. The highest BCUT2D eigenvalue weighted by molar-refractivity contribution is 5.88. The first kappa shape index (κ1) is 11.9. The lowest BCUT2D eigenvalue weighted by atomic mass is 10.2. The standard InChI is InChI=1S/C14H11NO3/c16-13-7-1-10(2-8-13)9-15-12-5-3-11(4-6-12)14(17)18/h1-9,16H,(H,17,18)/p-1. The number of hydrogen-bond acceptors (Lipinski definition) is 3. The third kappa shape index (κ3) is 2.95. The number of carbonyl (C=O) groups is 1. The molecule has 0 fully saturated rings. The van der Waals surface area contributed by atoms with Gasteiger partial charge in [-0.3, -0.25) is 4.99 Å². The first-order chi connectivity index (χ1) is 8.65. The Kier molecular flexibility index (Phi) is 3.38. The van der Waals surface area contributed by atoms with E-state index in [1.165, 1.54) is 24.3 Å². The summed E-state index contributed by atoms with van der Waals surface area (Å²) in [6, 6.07) is 12.5. The number of hydrogen-bond donors (Lipinski definition) is 1. The maximum atomic E-state index is 10.9. The topological polar surface area (TPSA) is 72.7 Å². The van der Waals surface area contributed by atoms with Crippen molar-refractivity contribution in [3.63, 3.8) is 0 Å². The summed E-state index contributed by atoms with van der Waals surface area (Å²) in [6.07, 6.45) is 1.62. The Morgan fingerprint density at radius 1 is 1.06 bits per heavy atom. The van der Waals surface area contributed by atoms with Crippen LogP contribution in [0.5, 0.6) is 5.75 Å². The maximum Gasteiger partial charge on any atom is 0.335 e. The Labute approximate surface area is 104 Å². The molecule has 0 radical (unpaired) electrons. The van der Waals surface area contributed by atoms with Crippen molar-refractivity contribution in [2.45, 2.75) is 0 Å². The zero-order valence-electron chi connectivity index (χ0n) is 9.41. The maximum absolute atomic E-state index is 10.9. The fourth-order valence-corrected chi connectivity index (χ4v) is 1.39. The molecule has 1 N–H and O–H groups in total. The zero-order valence-corrected chi connectivity index (χ0v) is 9.41. The molecule has 0 aliphatic heterocycles. The van der Waals surface area contributed by atoms with Crippen molar-refractivity contribution < 1.29 is 15.0 Å². The molecule has 0 aliphatic carbocycles. The minimum Gasteiger partial charge on any atom is -0.872 e. The molecule has 2 rings (SSSR count). The Balaban J connectivity index is 2.13. The molecular formula is C14H10NO3-. The Bertz CT molecular complexity index is 571. The molecule has 0 spiro atoms. The minimum absolute atomic E-state index is 0.0436. The third-order valence-electron chi connectivity index (χ3n) is 2.36. The smallest absolute Gasteiger partial charge is 0.335 e. The lowest BCUT2D eigenvalue weighted by Gasteiger charge is -2.02. The van der Waals surface area contributed by atoms with Gasteiger partial charge in [0.25, 0.3) is 0 Å². The Hall–Kier alpha value is -2.62. The van der Waals surface area contributed by atoms with Gasteiger partial charge < -0.3 is 10.2 Å². The molecule has 0 atom stereocenters. The van der Waals surface area contributed by atoms with Crippen molar-refractivity contribution in [3.8, 4) is 5.75 Å². The lowest BCUT2D eigenvalue weighted by molar-refractivity contribution is -0.268. The number of carboxylic acid groups (broad SMARTS) is 1. The molecule has 2 aromatic rings. The number of rotatable bonds is 3. The molecule has 0 amide bonds. The second-order valence-corrected chi connectivity index (χ2v) is 3.68. The Morgan fingerprint density at radius 2 is 1.67 bits per heavy atom. The van der Waals surface area contributed by atoms with Crippen LogP contribution >= 0.6 is 0 Å². The number of aliphatic imine (C=N–C) groups is 1. The largest absolute Gasteiger partial charge is 0.872 e. The fraction of sp³-hybridized carbons (Fsp3) is 0. The van der Waals surface area contributed by atoms with E-state index < -0.39 is 5.97 Å². The molecule has 18 heavy (non-hydrogen) atoms. The molecule has 2 aromatic carbocycles. The van der Waals surface area contributed by atoms with E-state index in [1.54, 1.807) is 30.5 Å². The Morgan fingerprint density at radius 3 is 2.22 bits per heavy atom. The van der Waals surface area contributed by atoms with E-state index in [1.807, 2.05) is 0 Å². The van der Waals surface area contributed by atoms with Gasteiger partial charge in [-0.25, -0.2) is 4.79 Å². The lowest BCUT2D eigenvalue weighted by Crippen LogP contribution is -1.94. The van der Waals surface area contributed by atoms with Crippen molar-refractivity contribution in [1.29, 1.82) is 0 Å². The minimum atomic E-state index is -0.962. The summed E-state index contributed by atoms with van der Waals surface area (Å²) in [7, 11) is 0. The van der Waals surface area contributed by atoms with Gasteiger partial charge in [-0.1, -0.05) is 24.3 Å². The predicted octanol–water partition coefficient (Wildman–Crippen LogP) is 2.21. The van der Waals surface area contributed by atoms with Gasteiger partial charge in [0.15, 0.2) is 0 Å². The molecule has 0 unspecified atom stereocenters. The molecule has 0 aliphatic rings. The summed E-state index contributed by atoms with van der Waals surface area (Å²) in [6.45, 7) is 0. The molecule has 4 heteroatoms. The van der Waals surface area contributed by atoms with Gasteiger partial charge in [0.05, 0.1) is 11.3 Å². The molecule has 0 bridgehead atoms. The SMILES string of the molecule is O=C(O)c1ccc(N=Cc2ccc([O-])cc2)cc1.